The molecule has 1 heterocycles. The minimum absolute atomic E-state index is 0.0339. The van der Waals surface area contributed by atoms with E-state index in [-0.39, 0.29) is 17.0 Å². The maximum absolute atomic E-state index is 11.0. The minimum Gasteiger partial charge on any atom is -0.378 e. The molecule has 1 saturated heterocycles. The van der Waals surface area contributed by atoms with Crippen molar-refractivity contribution in [3.8, 4) is 0 Å². The Bertz CT molecular complexity index is 218. The summed E-state index contributed by atoms with van der Waals surface area (Å²) in [6.07, 6.45) is 1.22. The molecule has 1 amide bonds. The second-order valence-corrected chi connectivity index (χ2v) is 3.70. The number of rotatable bonds is 3. The van der Waals surface area contributed by atoms with Gasteiger partial charge in [0.2, 0.25) is 0 Å². The Balaban J connectivity index is 2.26. The summed E-state index contributed by atoms with van der Waals surface area (Å²) < 4.78 is 5.35. The first-order valence-corrected chi connectivity index (χ1v) is 4.73. The first kappa shape index (κ1) is 10.5. The molecule has 1 rings (SSSR count). The predicted molar refractivity (Wildman–Crippen MR) is 51.5 cm³/mol. The zero-order valence-corrected chi connectivity index (χ0v) is 8.43. The van der Waals surface area contributed by atoms with Crippen molar-refractivity contribution < 1.29 is 9.53 Å². The van der Waals surface area contributed by atoms with Gasteiger partial charge in [0.1, 0.15) is 0 Å². The van der Waals surface area contributed by atoms with Gasteiger partial charge in [-0.3, -0.25) is 4.79 Å². The maximum atomic E-state index is 11.0. The Hall–Kier alpha value is -0.540. The lowest BCUT2D eigenvalue weighted by atomic mass is 10.0. The summed E-state index contributed by atoms with van der Waals surface area (Å²) >= 11 is 5.41. The summed E-state index contributed by atoms with van der Waals surface area (Å²) in [6, 6.07) is 0. The molecule has 0 radical (unpaired) electrons. The molecule has 13 heavy (non-hydrogen) atoms. The highest BCUT2D eigenvalue weighted by atomic mass is 35.5. The van der Waals surface area contributed by atoms with Gasteiger partial charge in [0.05, 0.1) is 11.1 Å². The lowest BCUT2D eigenvalue weighted by Crippen LogP contribution is -2.31. The molecule has 1 aliphatic rings. The van der Waals surface area contributed by atoms with E-state index in [1.165, 1.54) is 0 Å². The van der Waals surface area contributed by atoms with Crippen LogP contribution in [-0.4, -0.2) is 25.2 Å². The lowest BCUT2D eigenvalue weighted by Gasteiger charge is -2.14. The molecule has 0 aromatic carbocycles. The fraction of sp³-hybridized carbons (Fsp3) is 0.667. The third-order valence-electron chi connectivity index (χ3n) is 2.30. The molecule has 74 valence electrons. The molecule has 0 saturated carbocycles. The van der Waals surface area contributed by atoms with Crippen LogP contribution in [0.25, 0.3) is 0 Å². The van der Waals surface area contributed by atoms with Crippen molar-refractivity contribution in [1.82, 2.24) is 5.32 Å². The number of nitrogens with one attached hydrogen (secondary N) is 1. The first-order chi connectivity index (χ1) is 6.11. The van der Waals surface area contributed by atoms with Crippen LogP contribution in [0.15, 0.2) is 11.6 Å². The lowest BCUT2D eigenvalue weighted by molar-refractivity contribution is -0.117. The summed E-state index contributed by atoms with van der Waals surface area (Å²) in [4.78, 5) is 11.0. The van der Waals surface area contributed by atoms with Crippen molar-refractivity contribution in [2.45, 2.75) is 19.4 Å². The van der Waals surface area contributed by atoms with Gasteiger partial charge in [0, 0.05) is 19.1 Å². The van der Waals surface area contributed by atoms with Crippen molar-refractivity contribution in [2.75, 3.05) is 13.2 Å². The molecule has 2 unspecified atom stereocenters. The van der Waals surface area contributed by atoms with Crippen LogP contribution in [0, 0.1) is 5.92 Å². The summed E-state index contributed by atoms with van der Waals surface area (Å²) in [5.41, 5.74) is 0. The molecule has 1 N–H and O–H groups in total. The van der Waals surface area contributed by atoms with E-state index in [0.29, 0.717) is 12.5 Å². The average Bonchev–Trinajstić information content (AvgIpc) is 2.47. The van der Waals surface area contributed by atoms with Crippen LogP contribution in [-0.2, 0) is 9.53 Å². The van der Waals surface area contributed by atoms with Gasteiger partial charge >= 0.3 is 0 Å². The molecule has 1 aliphatic heterocycles. The molecule has 0 bridgehead atoms. The quantitative estimate of drug-likeness (QED) is 0.702. The number of ether oxygens (including phenoxy) is 1. The van der Waals surface area contributed by atoms with Gasteiger partial charge in [0.15, 0.2) is 0 Å². The van der Waals surface area contributed by atoms with Crippen LogP contribution >= 0.6 is 11.6 Å². The van der Waals surface area contributed by atoms with Gasteiger partial charge in [-0.15, -0.1) is 0 Å². The molecular weight excluding hydrogens is 190 g/mol. The summed E-state index contributed by atoms with van der Waals surface area (Å²) in [5.74, 6) is 0.112. The van der Waals surface area contributed by atoms with Crippen LogP contribution in [0.1, 0.15) is 13.3 Å². The highest BCUT2D eigenvalue weighted by Crippen LogP contribution is 2.19. The third-order valence-corrected chi connectivity index (χ3v) is 2.48. The van der Waals surface area contributed by atoms with Crippen LogP contribution in [0.5, 0.6) is 0 Å². The zero-order chi connectivity index (χ0) is 9.84. The van der Waals surface area contributed by atoms with Crippen LogP contribution < -0.4 is 5.32 Å². The summed E-state index contributed by atoms with van der Waals surface area (Å²) in [6.45, 7) is 6.75. The Kier molecular flexibility index (Phi) is 3.75. The Morgan fingerprint density at radius 3 is 2.92 bits per heavy atom. The van der Waals surface area contributed by atoms with E-state index in [1.807, 2.05) is 6.92 Å². The van der Waals surface area contributed by atoms with E-state index in [1.54, 1.807) is 0 Å². The van der Waals surface area contributed by atoms with Gasteiger partial charge in [-0.05, 0) is 13.3 Å². The molecule has 0 aromatic rings. The SMILES string of the molecule is C=C(Cl)C(=O)NCC1CCOC1C. The van der Waals surface area contributed by atoms with Crippen molar-refractivity contribution in [3.05, 3.63) is 11.6 Å². The zero-order valence-electron chi connectivity index (χ0n) is 7.68. The number of amides is 1. The topological polar surface area (TPSA) is 38.3 Å². The van der Waals surface area contributed by atoms with Crippen molar-refractivity contribution in [1.29, 1.82) is 0 Å². The van der Waals surface area contributed by atoms with Crippen molar-refractivity contribution in [2.24, 2.45) is 5.92 Å². The third kappa shape index (κ3) is 3.01. The summed E-state index contributed by atoms with van der Waals surface area (Å²) in [5, 5.41) is 2.74. The fourth-order valence-electron chi connectivity index (χ4n) is 1.36. The Morgan fingerprint density at radius 2 is 2.46 bits per heavy atom. The highest BCUT2D eigenvalue weighted by Gasteiger charge is 2.24. The normalized spacial score (nSPS) is 27.2. The van der Waals surface area contributed by atoms with Gasteiger partial charge in [0.25, 0.3) is 5.91 Å². The Labute approximate surface area is 83.1 Å². The minimum atomic E-state index is -0.291. The molecule has 2 atom stereocenters. The van der Waals surface area contributed by atoms with E-state index < -0.39 is 0 Å². The number of hydrogen-bond acceptors (Lipinski definition) is 2. The molecular formula is C9H14ClNO2. The molecule has 0 aliphatic carbocycles. The van der Waals surface area contributed by atoms with E-state index in [0.717, 1.165) is 13.0 Å². The van der Waals surface area contributed by atoms with Gasteiger partial charge in [-0.25, -0.2) is 0 Å². The highest BCUT2D eigenvalue weighted by molar-refractivity contribution is 6.41. The molecule has 1 fully saturated rings. The van der Waals surface area contributed by atoms with Crippen molar-refractivity contribution in [3.63, 3.8) is 0 Å². The average molecular weight is 204 g/mol. The van der Waals surface area contributed by atoms with Crippen molar-refractivity contribution >= 4 is 17.5 Å². The molecule has 0 aromatic heterocycles. The van der Waals surface area contributed by atoms with Gasteiger partial charge in [-0.1, -0.05) is 18.2 Å². The number of carbonyl (C=O) groups excluding carboxylic acids is 1. The molecule has 4 heteroatoms. The fourth-order valence-corrected chi connectivity index (χ4v) is 1.43. The van der Waals surface area contributed by atoms with Crippen LogP contribution in [0.2, 0.25) is 0 Å². The number of hydrogen-bond donors (Lipinski definition) is 1. The standard InChI is InChI=1S/C9H14ClNO2/c1-6(10)9(12)11-5-8-3-4-13-7(8)2/h7-8H,1,3-5H2,2H3,(H,11,12). The second kappa shape index (κ2) is 4.63. The summed E-state index contributed by atoms with van der Waals surface area (Å²) in [7, 11) is 0. The smallest absolute Gasteiger partial charge is 0.262 e. The van der Waals surface area contributed by atoms with Crippen LogP contribution in [0.4, 0.5) is 0 Å². The maximum Gasteiger partial charge on any atom is 0.262 e. The largest absolute Gasteiger partial charge is 0.378 e. The number of halogens is 1. The van der Waals surface area contributed by atoms with E-state index in [4.69, 9.17) is 16.3 Å². The second-order valence-electron chi connectivity index (χ2n) is 3.24. The monoisotopic (exact) mass is 203 g/mol. The number of carbonyl (C=O) groups is 1. The van der Waals surface area contributed by atoms with E-state index in [2.05, 4.69) is 11.9 Å². The van der Waals surface area contributed by atoms with E-state index in [9.17, 15) is 4.79 Å². The van der Waals surface area contributed by atoms with Gasteiger partial charge < -0.3 is 10.1 Å². The van der Waals surface area contributed by atoms with Gasteiger partial charge in [-0.2, -0.15) is 0 Å². The predicted octanol–water partition coefficient (Wildman–Crippen LogP) is 1.28. The molecule has 0 spiro atoms. The van der Waals surface area contributed by atoms with Crippen LogP contribution in [0.3, 0.4) is 0 Å². The van der Waals surface area contributed by atoms with E-state index >= 15 is 0 Å². The molecule has 3 nitrogen and oxygen atoms in total. The Morgan fingerprint density at radius 1 is 1.77 bits per heavy atom. The first-order valence-electron chi connectivity index (χ1n) is 4.35.